The molecular formula is C20H29N3O3. The highest BCUT2D eigenvalue weighted by Crippen LogP contribution is 2.42. The lowest BCUT2D eigenvalue weighted by Gasteiger charge is -2.28. The zero-order valence-electron chi connectivity index (χ0n) is 16.9. The molecule has 0 amide bonds. The smallest absolute Gasteiger partial charge is 0.319 e. The average molecular weight is 359 g/mol. The van der Waals surface area contributed by atoms with Gasteiger partial charge in [0.05, 0.1) is 20.4 Å². The van der Waals surface area contributed by atoms with E-state index in [1.165, 1.54) is 7.11 Å². The molecule has 0 bridgehead atoms. The van der Waals surface area contributed by atoms with E-state index in [0.29, 0.717) is 17.3 Å². The first-order chi connectivity index (χ1) is 12.0. The third kappa shape index (κ3) is 4.18. The number of phenolic OH excluding ortho intramolecular Hbond substituents is 1. The lowest BCUT2D eigenvalue weighted by atomic mass is 9.79. The number of aromatic hydroxyl groups is 1. The zero-order valence-corrected chi connectivity index (χ0v) is 16.9. The van der Waals surface area contributed by atoms with Gasteiger partial charge >= 0.3 is 6.01 Å². The molecule has 0 atom stereocenters. The van der Waals surface area contributed by atoms with E-state index in [2.05, 4.69) is 56.8 Å². The van der Waals surface area contributed by atoms with Crippen LogP contribution in [0.2, 0.25) is 0 Å². The second-order valence-corrected chi connectivity index (χ2v) is 8.32. The molecule has 0 spiro atoms. The quantitative estimate of drug-likeness (QED) is 0.781. The number of phenols is 1. The van der Waals surface area contributed by atoms with Gasteiger partial charge in [-0.05, 0) is 23.0 Å². The summed E-state index contributed by atoms with van der Waals surface area (Å²) >= 11 is 0. The topological polar surface area (TPSA) is 76.5 Å². The van der Waals surface area contributed by atoms with Gasteiger partial charge < -0.3 is 19.9 Å². The van der Waals surface area contributed by atoms with Gasteiger partial charge in [-0.15, -0.1) is 0 Å². The van der Waals surface area contributed by atoms with Crippen molar-refractivity contribution in [3.8, 4) is 17.6 Å². The molecule has 2 N–H and O–H groups in total. The largest absolute Gasteiger partial charge is 0.507 e. The third-order valence-electron chi connectivity index (χ3n) is 4.11. The Hall–Kier alpha value is -2.50. The maximum Gasteiger partial charge on any atom is 0.319 e. The number of nitrogens with zero attached hydrogens (tertiary/aromatic N) is 2. The van der Waals surface area contributed by atoms with Gasteiger partial charge in [-0.1, -0.05) is 41.5 Å². The number of hydrogen-bond acceptors (Lipinski definition) is 6. The molecule has 0 aliphatic carbocycles. The molecule has 6 nitrogen and oxygen atoms in total. The first-order valence-corrected chi connectivity index (χ1v) is 8.57. The number of anilines is 2. The molecule has 0 saturated carbocycles. The first-order valence-electron chi connectivity index (χ1n) is 8.57. The second-order valence-electron chi connectivity index (χ2n) is 8.32. The van der Waals surface area contributed by atoms with Crippen LogP contribution >= 0.6 is 0 Å². The number of benzene rings is 1. The molecule has 0 aliphatic rings. The Bertz CT molecular complexity index is 755. The predicted octanol–water partition coefficient (Wildman–Crippen LogP) is 4.54. The summed E-state index contributed by atoms with van der Waals surface area (Å²) in [5.74, 6) is 0.730. The normalized spacial score (nSPS) is 12.0. The summed E-state index contributed by atoms with van der Waals surface area (Å²) in [7, 11) is 3.05. The van der Waals surface area contributed by atoms with Crippen molar-refractivity contribution in [1.82, 2.24) is 9.97 Å². The fourth-order valence-corrected chi connectivity index (χ4v) is 2.70. The van der Waals surface area contributed by atoms with Crippen molar-refractivity contribution in [1.29, 1.82) is 0 Å². The summed E-state index contributed by atoms with van der Waals surface area (Å²) in [4.78, 5) is 8.33. The number of nitrogens with one attached hydrogen (secondary N) is 1. The van der Waals surface area contributed by atoms with E-state index in [1.54, 1.807) is 13.3 Å². The molecule has 0 saturated heterocycles. The fraction of sp³-hybridized carbons (Fsp3) is 0.500. The monoisotopic (exact) mass is 359 g/mol. The Kier molecular flexibility index (Phi) is 5.35. The van der Waals surface area contributed by atoms with Crippen molar-refractivity contribution in [2.45, 2.75) is 52.4 Å². The molecule has 2 rings (SSSR count). The Labute approximate surface area is 155 Å². The van der Waals surface area contributed by atoms with E-state index in [0.717, 1.165) is 16.8 Å². The van der Waals surface area contributed by atoms with Crippen LogP contribution in [0.25, 0.3) is 0 Å². The number of aromatic nitrogens is 2. The summed E-state index contributed by atoms with van der Waals surface area (Å²) in [6.45, 7) is 12.5. The summed E-state index contributed by atoms with van der Waals surface area (Å²) < 4.78 is 10.4. The number of ether oxygens (including phenoxy) is 2. The molecule has 2 aromatic rings. The lowest BCUT2D eigenvalue weighted by molar-refractivity contribution is 0.353. The third-order valence-corrected chi connectivity index (χ3v) is 4.11. The molecule has 142 valence electrons. The van der Waals surface area contributed by atoms with Crippen LogP contribution in [0.4, 0.5) is 11.4 Å². The van der Waals surface area contributed by atoms with Gasteiger partial charge in [0.25, 0.3) is 0 Å². The molecule has 6 heteroatoms. The van der Waals surface area contributed by atoms with Crippen LogP contribution in [-0.4, -0.2) is 29.3 Å². The Balaban J connectivity index is 2.57. The van der Waals surface area contributed by atoms with Crippen molar-refractivity contribution < 1.29 is 14.6 Å². The molecule has 1 heterocycles. The van der Waals surface area contributed by atoms with Crippen LogP contribution < -0.4 is 14.8 Å². The summed E-state index contributed by atoms with van der Waals surface area (Å²) in [5, 5.41) is 14.1. The average Bonchev–Trinajstić information content (AvgIpc) is 2.54. The van der Waals surface area contributed by atoms with Crippen molar-refractivity contribution in [2.75, 3.05) is 19.5 Å². The first kappa shape index (κ1) is 19.8. The van der Waals surface area contributed by atoms with Gasteiger partial charge in [-0.2, -0.15) is 4.98 Å². The van der Waals surface area contributed by atoms with Crippen LogP contribution in [0.1, 0.15) is 52.7 Å². The number of methoxy groups -OCH3 is 2. The summed E-state index contributed by atoms with van der Waals surface area (Å²) in [5.41, 5.74) is 2.80. The maximum atomic E-state index is 10.8. The van der Waals surface area contributed by atoms with E-state index in [9.17, 15) is 5.11 Å². The van der Waals surface area contributed by atoms with Gasteiger partial charge in [0.2, 0.25) is 5.88 Å². The van der Waals surface area contributed by atoms with Crippen LogP contribution in [0, 0.1) is 0 Å². The van der Waals surface area contributed by atoms with E-state index in [4.69, 9.17) is 9.47 Å². The van der Waals surface area contributed by atoms with Gasteiger partial charge in [0.15, 0.2) is 0 Å². The predicted molar refractivity (Wildman–Crippen MR) is 104 cm³/mol. The Morgan fingerprint density at radius 3 is 1.88 bits per heavy atom. The lowest BCUT2D eigenvalue weighted by Crippen LogP contribution is -2.17. The maximum absolute atomic E-state index is 10.8. The minimum atomic E-state index is -0.206. The van der Waals surface area contributed by atoms with Crippen LogP contribution in [0.15, 0.2) is 18.3 Å². The number of hydrogen-bond donors (Lipinski definition) is 2. The molecule has 1 aromatic carbocycles. The highest BCUT2D eigenvalue weighted by Gasteiger charge is 2.26. The van der Waals surface area contributed by atoms with E-state index < -0.39 is 0 Å². The molecule has 26 heavy (non-hydrogen) atoms. The fourth-order valence-electron chi connectivity index (χ4n) is 2.70. The molecule has 0 fully saturated rings. The molecular weight excluding hydrogens is 330 g/mol. The summed E-state index contributed by atoms with van der Waals surface area (Å²) in [6.07, 6.45) is 1.62. The molecule has 0 unspecified atom stereocenters. The molecule has 1 aromatic heterocycles. The van der Waals surface area contributed by atoms with Gasteiger partial charge in [-0.3, -0.25) is 0 Å². The zero-order chi connectivity index (χ0) is 19.7. The molecule has 0 aliphatic heterocycles. The van der Waals surface area contributed by atoms with Crippen molar-refractivity contribution >= 4 is 11.4 Å². The van der Waals surface area contributed by atoms with E-state index in [1.807, 2.05) is 12.1 Å². The van der Waals surface area contributed by atoms with Crippen LogP contribution in [0.5, 0.6) is 17.6 Å². The Morgan fingerprint density at radius 2 is 1.46 bits per heavy atom. The van der Waals surface area contributed by atoms with E-state index in [-0.39, 0.29) is 16.8 Å². The van der Waals surface area contributed by atoms with Crippen LogP contribution in [0.3, 0.4) is 0 Å². The molecule has 0 radical (unpaired) electrons. The second kappa shape index (κ2) is 7.02. The van der Waals surface area contributed by atoms with Gasteiger partial charge in [0.1, 0.15) is 11.4 Å². The highest BCUT2D eigenvalue weighted by molar-refractivity contribution is 5.68. The van der Waals surface area contributed by atoms with Gasteiger partial charge in [0, 0.05) is 16.8 Å². The van der Waals surface area contributed by atoms with Crippen molar-refractivity contribution in [2.24, 2.45) is 0 Å². The van der Waals surface area contributed by atoms with Crippen LogP contribution in [-0.2, 0) is 10.8 Å². The highest BCUT2D eigenvalue weighted by atomic mass is 16.5. The Morgan fingerprint density at radius 1 is 0.923 bits per heavy atom. The SMILES string of the molecule is COc1ncc(Nc2cc(C(C)(C)C)c(O)c(C(C)(C)C)c2)c(OC)n1. The number of rotatable bonds is 4. The van der Waals surface area contributed by atoms with Crippen molar-refractivity contribution in [3.63, 3.8) is 0 Å². The standard InChI is InChI=1S/C20H29N3O3/c1-19(2,3)13-9-12(10-14(16(13)24)20(4,5)6)22-15-11-21-18(26-8)23-17(15)25-7/h9-11,22,24H,1-8H3. The van der Waals surface area contributed by atoms with Gasteiger partial charge in [-0.25, -0.2) is 4.98 Å². The van der Waals surface area contributed by atoms with Crippen molar-refractivity contribution in [3.05, 3.63) is 29.5 Å². The summed E-state index contributed by atoms with van der Waals surface area (Å²) in [6, 6.07) is 4.14. The minimum absolute atomic E-state index is 0.206. The minimum Gasteiger partial charge on any atom is -0.507 e. The van der Waals surface area contributed by atoms with E-state index >= 15 is 0 Å².